The molecule has 0 aliphatic rings. The fourth-order valence-electron chi connectivity index (χ4n) is 3.05. The van der Waals surface area contributed by atoms with Gasteiger partial charge >= 0.3 is 13.6 Å². The molecule has 0 spiro atoms. The van der Waals surface area contributed by atoms with E-state index in [0.717, 1.165) is 5.56 Å². The van der Waals surface area contributed by atoms with Crippen molar-refractivity contribution in [3.05, 3.63) is 35.9 Å². The minimum absolute atomic E-state index is 0.209. The Morgan fingerprint density at radius 2 is 1.52 bits per heavy atom. The van der Waals surface area contributed by atoms with Crippen LogP contribution in [0, 0.1) is 0 Å². The smallest absolute Gasteiger partial charge is 0.345 e. The second-order valence-electron chi connectivity index (χ2n) is 6.83. The molecule has 0 aliphatic heterocycles. The van der Waals surface area contributed by atoms with Crippen LogP contribution in [0.5, 0.6) is 0 Å². The predicted octanol–water partition coefficient (Wildman–Crippen LogP) is 4.85. The van der Waals surface area contributed by atoms with Crippen LogP contribution in [0.1, 0.15) is 31.9 Å². The van der Waals surface area contributed by atoms with Crippen molar-refractivity contribution in [2.24, 2.45) is 0 Å². The van der Waals surface area contributed by atoms with Gasteiger partial charge in [-0.15, -0.1) is 0 Å². The minimum Gasteiger partial charge on any atom is -0.465 e. The van der Waals surface area contributed by atoms with Crippen molar-refractivity contribution >= 4 is 21.6 Å². The topological polar surface area (TPSA) is 61.8 Å². The number of ether oxygens (including phenoxy) is 1. The van der Waals surface area contributed by atoms with E-state index in [-0.39, 0.29) is 25.4 Å². The van der Waals surface area contributed by atoms with Crippen LogP contribution in [0.4, 0.5) is 0 Å². The van der Waals surface area contributed by atoms with Crippen LogP contribution in [0.15, 0.2) is 30.3 Å². The van der Waals surface area contributed by atoms with Crippen molar-refractivity contribution in [2.45, 2.75) is 51.6 Å². The Balaban J connectivity index is 3.54. The molecule has 1 aromatic carbocycles. The van der Waals surface area contributed by atoms with Crippen LogP contribution in [0.3, 0.4) is 0 Å². The lowest BCUT2D eigenvalue weighted by Gasteiger charge is -2.37. The van der Waals surface area contributed by atoms with Gasteiger partial charge in [0.1, 0.15) is 0 Å². The Kier molecular flexibility index (Phi) is 8.55. The molecule has 5 nitrogen and oxygen atoms in total. The molecule has 1 aromatic rings. The first-order valence-corrected chi connectivity index (χ1v) is 14.0. The molecule has 0 N–H and O–H groups in total. The molecule has 0 aromatic heterocycles. The summed E-state index contributed by atoms with van der Waals surface area (Å²) in [5, 5.41) is 0. The number of benzene rings is 1. The second-order valence-corrected chi connectivity index (χ2v) is 14.3. The lowest BCUT2D eigenvalue weighted by Crippen LogP contribution is -2.44. The molecule has 25 heavy (non-hydrogen) atoms. The molecule has 0 amide bonds. The standard InChI is InChI=1S/C18H31O5PSi/c1-7-21-18(19)16(24(20,22-8-2)23-9-3)17(25(4,5)6)15-13-11-10-12-14-15/h10-14,16-17H,7-9H2,1-6H3. The van der Waals surface area contributed by atoms with E-state index in [4.69, 9.17) is 13.8 Å². The van der Waals surface area contributed by atoms with E-state index in [9.17, 15) is 9.36 Å². The Labute approximate surface area is 152 Å². The summed E-state index contributed by atoms with van der Waals surface area (Å²) < 4.78 is 30.0. The quantitative estimate of drug-likeness (QED) is 0.327. The zero-order valence-electron chi connectivity index (χ0n) is 16.2. The van der Waals surface area contributed by atoms with Gasteiger partial charge < -0.3 is 13.8 Å². The number of hydrogen-bond acceptors (Lipinski definition) is 5. The second kappa shape index (κ2) is 9.67. The summed E-state index contributed by atoms with van der Waals surface area (Å²) in [6.07, 6.45) is 0. The third-order valence-corrected chi connectivity index (χ3v) is 9.13. The molecular formula is C18H31O5PSi. The van der Waals surface area contributed by atoms with Gasteiger partial charge in [0.2, 0.25) is 0 Å². The van der Waals surface area contributed by atoms with Crippen LogP contribution >= 0.6 is 7.60 Å². The van der Waals surface area contributed by atoms with E-state index >= 15 is 0 Å². The highest BCUT2D eigenvalue weighted by Crippen LogP contribution is 2.59. The molecule has 2 atom stereocenters. The molecule has 0 saturated carbocycles. The van der Waals surface area contributed by atoms with Crippen LogP contribution in [-0.4, -0.2) is 39.5 Å². The summed E-state index contributed by atoms with van der Waals surface area (Å²) in [6.45, 7) is 12.3. The normalized spacial score (nSPS) is 14.8. The van der Waals surface area contributed by atoms with E-state index in [1.54, 1.807) is 20.8 Å². The molecule has 0 bridgehead atoms. The van der Waals surface area contributed by atoms with Crippen molar-refractivity contribution in [2.75, 3.05) is 19.8 Å². The largest absolute Gasteiger partial charge is 0.465 e. The predicted molar refractivity (Wildman–Crippen MR) is 104 cm³/mol. The van der Waals surface area contributed by atoms with Crippen molar-refractivity contribution < 1.29 is 23.1 Å². The van der Waals surface area contributed by atoms with E-state index < -0.39 is 27.3 Å². The van der Waals surface area contributed by atoms with Crippen LogP contribution in [0.2, 0.25) is 19.6 Å². The van der Waals surface area contributed by atoms with Gasteiger partial charge in [-0.1, -0.05) is 50.0 Å². The molecule has 0 aliphatic carbocycles. The number of carbonyl (C=O) groups is 1. The van der Waals surface area contributed by atoms with Crippen molar-refractivity contribution in [3.63, 3.8) is 0 Å². The third-order valence-electron chi connectivity index (χ3n) is 3.89. The molecule has 0 saturated heterocycles. The fourth-order valence-corrected chi connectivity index (χ4v) is 9.20. The Bertz CT molecular complexity index is 575. The zero-order valence-corrected chi connectivity index (χ0v) is 18.0. The fraction of sp³-hybridized carbons (Fsp3) is 0.611. The first-order chi connectivity index (χ1) is 11.7. The lowest BCUT2D eigenvalue weighted by molar-refractivity contribution is -0.143. The van der Waals surface area contributed by atoms with E-state index in [0.29, 0.717) is 0 Å². The van der Waals surface area contributed by atoms with Crippen LogP contribution in [0.25, 0.3) is 0 Å². The van der Waals surface area contributed by atoms with Crippen molar-refractivity contribution in [3.8, 4) is 0 Å². The lowest BCUT2D eigenvalue weighted by atomic mass is 10.1. The van der Waals surface area contributed by atoms with Crippen LogP contribution in [-0.2, 0) is 23.1 Å². The Morgan fingerprint density at radius 3 is 1.92 bits per heavy atom. The summed E-state index contributed by atoms with van der Waals surface area (Å²) in [4.78, 5) is 12.9. The first kappa shape index (κ1) is 22.1. The van der Waals surface area contributed by atoms with Crippen LogP contribution < -0.4 is 0 Å². The Hall–Kier alpha value is -0.943. The summed E-state index contributed by atoms with van der Waals surface area (Å²) >= 11 is 0. The monoisotopic (exact) mass is 386 g/mol. The molecule has 0 radical (unpaired) electrons. The summed E-state index contributed by atoms with van der Waals surface area (Å²) in [7, 11) is -5.66. The van der Waals surface area contributed by atoms with Gasteiger partial charge in [-0.3, -0.25) is 9.36 Å². The van der Waals surface area contributed by atoms with Crippen molar-refractivity contribution in [1.29, 1.82) is 0 Å². The van der Waals surface area contributed by atoms with Gasteiger partial charge in [-0.2, -0.15) is 0 Å². The number of carbonyl (C=O) groups excluding carboxylic acids is 1. The molecule has 1 rings (SSSR count). The molecule has 0 fully saturated rings. The van der Waals surface area contributed by atoms with Gasteiger partial charge in [-0.25, -0.2) is 0 Å². The highest BCUT2D eigenvalue weighted by atomic mass is 31.2. The maximum Gasteiger partial charge on any atom is 0.345 e. The van der Waals surface area contributed by atoms with E-state index in [1.807, 2.05) is 30.3 Å². The average Bonchev–Trinajstić information content (AvgIpc) is 2.52. The minimum atomic E-state index is -3.67. The molecule has 0 heterocycles. The van der Waals surface area contributed by atoms with Gasteiger partial charge in [0, 0.05) is 5.54 Å². The average molecular weight is 387 g/mol. The summed E-state index contributed by atoms with van der Waals surface area (Å²) in [5.74, 6) is -0.510. The molecule has 142 valence electrons. The van der Waals surface area contributed by atoms with E-state index in [2.05, 4.69) is 19.6 Å². The van der Waals surface area contributed by atoms with Gasteiger partial charge in [0.15, 0.2) is 5.66 Å². The molecular weight excluding hydrogens is 355 g/mol. The van der Waals surface area contributed by atoms with Crippen molar-refractivity contribution in [1.82, 2.24) is 0 Å². The maximum atomic E-state index is 13.6. The number of esters is 1. The number of hydrogen-bond donors (Lipinski definition) is 0. The van der Waals surface area contributed by atoms with Gasteiger partial charge in [0.05, 0.1) is 27.9 Å². The SMILES string of the molecule is CCOC(=O)C(C(c1ccccc1)[Si](C)(C)C)P(=O)(OCC)OCC. The summed E-state index contributed by atoms with van der Waals surface area (Å²) in [6, 6.07) is 9.72. The Morgan fingerprint density at radius 1 is 1.00 bits per heavy atom. The summed E-state index contributed by atoms with van der Waals surface area (Å²) in [5.41, 5.74) is -0.225. The maximum absolute atomic E-state index is 13.6. The van der Waals surface area contributed by atoms with E-state index in [1.165, 1.54) is 0 Å². The highest BCUT2D eigenvalue weighted by Gasteiger charge is 2.52. The molecule has 2 unspecified atom stereocenters. The number of rotatable bonds is 10. The van der Waals surface area contributed by atoms with Gasteiger partial charge in [-0.05, 0) is 26.3 Å². The van der Waals surface area contributed by atoms with Gasteiger partial charge in [0.25, 0.3) is 0 Å². The molecule has 7 heteroatoms. The third kappa shape index (κ3) is 5.78. The first-order valence-electron chi connectivity index (χ1n) is 8.81. The highest BCUT2D eigenvalue weighted by molar-refractivity contribution is 7.56. The zero-order chi connectivity index (χ0) is 19.1.